The molecule has 2 aromatic carbocycles. The van der Waals surface area contributed by atoms with E-state index in [9.17, 15) is 0 Å². The van der Waals surface area contributed by atoms with E-state index in [1.165, 1.54) is 11.1 Å². The Labute approximate surface area is 103 Å². The van der Waals surface area contributed by atoms with Crippen molar-refractivity contribution < 1.29 is 0 Å². The third-order valence-electron chi connectivity index (χ3n) is 3.05. The first-order valence-corrected chi connectivity index (χ1v) is 6.21. The molecule has 17 heavy (non-hydrogen) atoms. The minimum atomic E-state index is 0.167. The maximum atomic E-state index is 6.16. The van der Waals surface area contributed by atoms with Crippen LogP contribution in [0.5, 0.6) is 0 Å². The fraction of sp³-hybridized carbons (Fsp3) is 0.250. The fourth-order valence-corrected chi connectivity index (χ4v) is 2.04. The van der Waals surface area contributed by atoms with Crippen LogP contribution < -0.4 is 5.73 Å². The van der Waals surface area contributed by atoms with E-state index in [0.29, 0.717) is 0 Å². The summed E-state index contributed by atoms with van der Waals surface area (Å²) in [4.78, 5) is 0. The van der Waals surface area contributed by atoms with E-state index < -0.39 is 0 Å². The van der Waals surface area contributed by atoms with Gasteiger partial charge in [0.15, 0.2) is 0 Å². The van der Waals surface area contributed by atoms with Crippen LogP contribution in [0.15, 0.2) is 60.7 Å². The molecule has 88 valence electrons. The average molecular weight is 225 g/mol. The highest BCUT2D eigenvalue weighted by Gasteiger charge is 2.04. The lowest BCUT2D eigenvalue weighted by molar-refractivity contribution is 0.611. The second kappa shape index (κ2) is 6.21. The normalized spacial score (nSPS) is 12.3. The van der Waals surface area contributed by atoms with E-state index >= 15 is 0 Å². The molecule has 1 atom stereocenters. The highest BCUT2D eigenvalue weighted by molar-refractivity contribution is 5.18. The number of rotatable bonds is 5. The maximum absolute atomic E-state index is 6.16. The maximum Gasteiger partial charge on any atom is 0.0294 e. The molecule has 0 aliphatic carbocycles. The van der Waals surface area contributed by atoms with Gasteiger partial charge in [-0.3, -0.25) is 0 Å². The molecule has 0 fully saturated rings. The first-order chi connectivity index (χ1) is 8.36. The molecular formula is C16H19N. The van der Waals surface area contributed by atoms with Crippen molar-refractivity contribution in [2.24, 2.45) is 5.73 Å². The molecule has 2 rings (SSSR count). The first-order valence-electron chi connectivity index (χ1n) is 6.21. The van der Waals surface area contributed by atoms with Crippen LogP contribution in [-0.2, 0) is 6.42 Å². The summed E-state index contributed by atoms with van der Waals surface area (Å²) in [5, 5.41) is 0. The molecule has 0 saturated carbocycles. The standard InChI is InChI=1S/C16H19N/c17-16(15-11-5-2-6-12-15)13-7-10-14-8-3-1-4-9-14/h1-6,8-9,11-12,16H,7,10,13,17H2. The predicted octanol–water partition coefficient (Wildman–Crippen LogP) is 3.71. The van der Waals surface area contributed by atoms with Crippen LogP contribution in [0.3, 0.4) is 0 Å². The summed E-state index contributed by atoms with van der Waals surface area (Å²) < 4.78 is 0. The zero-order valence-corrected chi connectivity index (χ0v) is 10.0. The molecule has 2 N–H and O–H groups in total. The van der Waals surface area contributed by atoms with E-state index in [2.05, 4.69) is 42.5 Å². The van der Waals surface area contributed by atoms with Crippen molar-refractivity contribution in [1.29, 1.82) is 0 Å². The van der Waals surface area contributed by atoms with Crippen molar-refractivity contribution in [3.8, 4) is 0 Å². The third-order valence-corrected chi connectivity index (χ3v) is 3.05. The number of hydrogen-bond acceptors (Lipinski definition) is 1. The highest BCUT2D eigenvalue weighted by atomic mass is 14.6. The van der Waals surface area contributed by atoms with E-state index in [1.54, 1.807) is 0 Å². The van der Waals surface area contributed by atoms with Crippen molar-refractivity contribution in [3.05, 3.63) is 71.8 Å². The summed E-state index contributed by atoms with van der Waals surface area (Å²) in [6.45, 7) is 0. The summed E-state index contributed by atoms with van der Waals surface area (Å²) >= 11 is 0. The Morgan fingerprint density at radius 2 is 1.41 bits per heavy atom. The van der Waals surface area contributed by atoms with Crippen molar-refractivity contribution in [3.63, 3.8) is 0 Å². The first kappa shape index (κ1) is 11.9. The smallest absolute Gasteiger partial charge is 0.0294 e. The van der Waals surface area contributed by atoms with Gasteiger partial charge in [0.25, 0.3) is 0 Å². The minimum absolute atomic E-state index is 0.167. The van der Waals surface area contributed by atoms with Gasteiger partial charge < -0.3 is 5.73 Å². The van der Waals surface area contributed by atoms with Crippen LogP contribution in [0, 0.1) is 0 Å². The van der Waals surface area contributed by atoms with Crippen LogP contribution in [0.25, 0.3) is 0 Å². The third kappa shape index (κ3) is 3.72. The summed E-state index contributed by atoms with van der Waals surface area (Å²) in [5.74, 6) is 0. The Morgan fingerprint density at radius 1 is 0.824 bits per heavy atom. The van der Waals surface area contributed by atoms with Crippen molar-refractivity contribution in [2.45, 2.75) is 25.3 Å². The molecule has 0 aromatic heterocycles. The summed E-state index contributed by atoms with van der Waals surface area (Å²) in [6.07, 6.45) is 3.29. The van der Waals surface area contributed by atoms with Gasteiger partial charge in [-0.15, -0.1) is 0 Å². The Hall–Kier alpha value is -1.60. The molecule has 2 aromatic rings. The van der Waals surface area contributed by atoms with Gasteiger partial charge in [-0.1, -0.05) is 60.7 Å². The molecule has 0 aliphatic heterocycles. The Morgan fingerprint density at radius 3 is 2.06 bits per heavy atom. The van der Waals surface area contributed by atoms with E-state index in [4.69, 9.17) is 5.73 Å². The van der Waals surface area contributed by atoms with E-state index in [1.807, 2.05) is 18.2 Å². The number of nitrogens with two attached hydrogens (primary N) is 1. The lowest BCUT2D eigenvalue weighted by Gasteiger charge is -2.11. The molecule has 1 unspecified atom stereocenters. The van der Waals surface area contributed by atoms with Crippen LogP contribution in [0.2, 0.25) is 0 Å². The molecular weight excluding hydrogens is 206 g/mol. The van der Waals surface area contributed by atoms with E-state index in [0.717, 1.165) is 19.3 Å². The van der Waals surface area contributed by atoms with Crippen molar-refractivity contribution >= 4 is 0 Å². The van der Waals surface area contributed by atoms with Gasteiger partial charge in [-0.05, 0) is 30.4 Å². The molecule has 0 amide bonds. The van der Waals surface area contributed by atoms with E-state index in [-0.39, 0.29) is 6.04 Å². The predicted molar refractivity (Wildman–Crippen MR) is 72.8 cm³/mol. The van der Waals surface area contributed by atoms with Gasteiger partial charge in [0.05, 0.1) is 0 Å². The molecule has 0 aliphatic rings. The molecule has 0 bridgehead atoms. The van der Waals surface area contributed by atoms with Gasteiger partial charge >= 0.3 is 0 Å². The molecule has 0 saturated heterocycles. The fourth-order valence-electron chi connectivity index (χ4n) is 2.04. The monoisotopic (exact) mass is 225 g/mol. The second-order valence-electron chi connectivity index (χ2n) is 4.40. The lowest BCUT2D eigenvalue weighted by Crippen LogP contribution is -2.10. The van der Waals surface area contributed by atoms with Crippen molar-refractivity contribution in [1.82, 2.24) is 0 Å². The number of benzene rings is 2. The van der Waals surface area contributed by atoms with Gasteiger partial charge in [0.1, 0.15) is 0 Å². The van der Waals surface area contributed by atoms with Gasteiger partial charge in [0, 0.05) is 6.04 Å². The number of hydrogen-bond donors (Lipinski definition) is 1. The largest absolute Gasteiger partial charge is 0.324 e. The zero-order chi connectivity index (χ0) is 11.9. The van der Waals surface area contributed by atoms with Gasteiger partial charge in [0.2, 0.25) is 0 Å². The summed E-state index contributed by atoms with van der Waals surface area (Å²) in [5.41, 5.74) is 8.79. The Balaban J connectivity index is 1.79. The second-order valence-corrected chi connectivity index (χ2v) is 4.40. The van der Waals surface area contributed by atoms with Crippen LogP contribution >= 0.6 is 0 Å². The topological polar surface area (TPSA) is 26.0 Å². The molecule has 0 spiro atoms. The molecule has 1 heteroatoms. The molecule has 0 radical (unpaired) electrons. The zero-order valence-electron chi connectivity index (χ0n) is 10.0. The highest BCUT2D eigenvalue weighted by Crippen LogP contribution is 2.16. The Kier molecular flexibility index (Phi) is 4.34. The SMILES string of the molecule is NC(CCCc1ccccc1)c1ccccc1. The van der Waals surface area contributed by atoms with Crippen LogP contribution in [-0.4, -0.2) is 0 Å². The average Bonchev–Trinajstić information content (AvgIpc) is 2.41. The van der Waals surface area contributed by atoms with Crippen molar-refractivity contribution in [2.75, 3.05) is 0 Å². The molecule has 0 heterocycles. The summed E-state index contributed by atoms with van der Waals surface area (Å²) in [6, 6.07) is 21.1. The van der Waals surface area contributed by atoms with Crippen LogP contribution in [0.1, 0.15) is 30.0 Å². The van der Waals surface area contributed by atoms with Crippen LogP contribution in [0.4, 0.5) is 0 Å². The van der Waals surface area contributed by atoms with Gasteiger partial charge in [-0.2, -0.15) is 0 Å². The minimum Gasteiger partial charge on any atom is -0.324 e. The van der Waals surface area contributed by atoms with Gasteiger partial charge in [-0.25, -0.2) is 0 Å². The lowest BCUT2D eigenvalue weighted by atomic mass is 10.00. The quantitative estimate of drug-likeness (QED) is 0.824. The molecule has 1 nitrogen and oxygen atoms in total. The summed E-state index contributed by atoms with van der Waals surface area (Å²) in [7, 11) is 0. The Bertz CT molecular complexity index is 422. The number of aryl methyl sites for hydroxylation is 1.